The largest absolute Gasteiger partial charge is 0.299 e. The number of thioether (sulfide) groups is 1. The molecule has 2 aromatic rings. The molecular formula is C18H24N4OS2. The highest BCUT2D eigenvalue weighted by Gasteiger charge is 2.13. The van der Waals surface area contributed by atoms with Crippen molar-refractivity contribution in [2.75, 3.05) is 24.2 Å². The van der Waals surface area contributed by atoms with Crippen molar-refractivity contribution in [1.82, 2.24) is 15.1 Å². The molecule has 0 aliphatic carbocycles. The maximum absolute atomic E-state index is 12.4. The van der Waals surface area contributed by atoms with Crippen LogP contribution in [0.15, 0.2) is 28.6 Å². The second-order valence-electron chi connectivity index (χ2n) is 6.71. The fourth-order valence-electron chi connectivity index (χ4n) is 2.69. The number of hydrogen-bond donors (Lipinski definition) is 1. The Bertz CT molecular complexity index is 693. The van der Waals surface area contributed by atoms with Gasteiger partial charge in [-0.3, -0.25) is 15.0 Å². The van der Waals surface area contributed by atoms with E-state index in [0.29, 0.717) is 16.6 Å². The number of carbonyl (C=O) groups excluding carboxylic acids is 1. The number of rotatable bonds is 7. The van der Waals surface area contributed by atoms with Crippen LogP contribution in [0.25, 0.3) is 0 Å². The fraction of sp³-hybridized carbons (Fsp3) is 0.500. The van der Waals surface area contributed by atoms with Crippen LogP contribution in [0.4, 0.5) is 5.13 Å². The molecule has 1 aliphatic rings. The van der Waals surface area contributed by atoms with E-state index in [1.165, 1.54) is 42.8 Å². The highest BCUT2D eigenvalue weighted by Crippen LogP contribution is 2.27. The van der Waals surface area contributed by atoms with Crippen molar-refractivity contribution in [3.63, 3.8) is 0 Å². The van der Waals surface area contributed by atoms with Crippen LogP contribution in [-0.4, -0.2) is 39.8 Å². The smallest absolute Gasteiger partial charge is 0.257 e. The molecule has 1 fully saturated rings. The molecule has 0 spiro atoms. The van der Waals surface area contributed by atoms with E-state index in [1.807, 2.05) is 24.3 Å². The summed E-state index contributed by atoms with van der Waals surface area (Å²) in [5.41, 5.74) is 1.90. The molecular weight excluding hydrogens is 352 g/mol. The molecule has 0 bridgehead atoms. The first kappa shape index (κ1) is 18.4. The predicted molar refractivity (Wildman–Crippen MR) is 104 cm³/mol. The molecule has 1 aromatic heterocycles. The van der Waals surface area contributed by atoms with E-state index in [1.54, 1.807) is 11.8 Å². The van der Waals surface area contributed by atoms with Crippen molar-refractivity contribution < 1.29 is 4.79 Å². The van der Waals surface area contributed by atoms with Gasteiger partial charge in [-0.15, -0.1) is 10.2 Å². The van der Waals surface area contributed by atoms with Gasteiger partial charge in [0.1, 0.15) is 0 Å². The highest BCUT2D eigenvalue weighted by atomic mass is 32.2. The Morgan fingerprint density at radius 3 is 2.64 bits per heavy atom. The number of carbonyl (C=O) groups is 1. The van der Waals surface area contributed by atoms with Gasteiger partial charge < -0.3 is 0 Å². The zero-order valence-electron chi connectivity index (χ0n) is 14.7. The van der Waals surface area contributed by atoms with Crippen LogP contribution < -0.4 is 5.32 Å². The van der Waals surface area contributed by atoms with E-state index < -0.39 is 0 Å². The first-order chi connectivity index (χ1) is 12.1. The second kappa shape index (κ2) is 8.78. The standard InChI is InChI=1S/C18H24N4OS2/c1-13(2)12-24-18-21-20-17(25-18)19-16(23)15-7-5-14(6-8-15)11-22-9-3-4-10-22/h5-8,13H,3-4,9-12H2,1-2H3,(H,19,20,23). The van der Waals surface area contributed by atoms with Crippen molar-refractivity contribution in [2.24, 2.45) is 5.92 Å². The monoisotopic (exact) mass is 376 g/mol. The van der Waals surface area contributed by atoms with Crippen molar-refractivity contribution in [2.45, 2.75) is 37.6 Å². The lowest BCUT2D eigenvalue weighted by molar-refractivity contribution is 0.102. The number of hydrogen-bond acceptors (Lipinski definition) is 6. The van der Waals surface area contributed by atoms with E-state index >= 15 is 0 Å². The van der Waals surface area contributed by atoms with E-state index in [9.17, 15) is 4.79 Å². The van der Waals surface area contributed by atoms with Crippen molar-refractivity contribution >= 4 is 34.1 Å². The van der Waals surface area contributed by atoms with Crippen LogP contribution in [0, 0.1) is 5.92 Å². The number of aromatic nitrogens is 2. The zero-order chi connectivity index (χ0) is 17.6. The average Bonchev–Trinajstić information content (AvgIpc) is 3.25. The molecule has 1 saturated heterocycles. The van der Waals surface area contributed by atoms with Crippen LogP contribution >= 0.6 is 23.1 Å². The van der Waals surface area contributed by atoms with Gasteiger partial charge in [0, 0.05) is 17.9 Å². The number of likely N-dealkylation sites (tertiary alicyclic amines) is 1. The molecule has 134 valence electrons. The Morgan fingerprint density at radius 1 is 1.24 bits per heavy atom. The molecule has 0 atom stereocenters. The van der Waals surface area contributed by atoms with Crippen LogP contribution in [0.3, 0.4) is 0 Å². The summed E-state index contributed by atoms with van der Waals surface area (Å²) in [5, 5.41) is 11.6. The van der Waals surface area contributed by atoms with E-state index in [4.69, 9.17) is 0 Å². The van der Waals surface area contributed by atoms with Gasteiger partial charge in [-0.2, -0.15) is 0 Å². The third kappa shape index (κ3) is 5.52. The van der Waals surface area contributed by atoms with Gasteiger partial charge in [0.05, 0.1) is 0 Å². The van der Waals surface area contributed by atoms with Crippen LogP contribution in [0.5, 0.6) is 0 Å². The summed E-state index contributed by atoms with van der Waals surface area (Å²) in [4.78, 5) is 14.8. The normalized spacial score (nSPS) is 15.0. The van der Waals surface area contributed by atoms with Crippen LogP contribution in [0.1, 0.15) is 42.6 Å². The Balaban J connectivity index is 1.54. The quantitative estimate of drug-likeness (QED) is 0.581. The number of anilines is 1. The molecule has 5 nitrogen and oxygen atoms in total. The molecule has 3 rings (SSSR count). The van der Waals surface area contributed by atoms with Gasteiger partial charge in [0.15, 0.2) is 4.34 Å². The van der Waals surface area contributed by atoms with E-state index in [-0.39, 0.29) is 5.91 Å². The summed E-state index contributed by atoms with van der Waals surface area (Å²) >= 11 is 3.10. The number of benzene rings is 1. The molecule has 0 radical (unpaired) electrons. The molecule has 0 saturated carbocycles. The third-order valence-electron chi connectivity index (χ3n) is 3.99. The Labute approximate surface area is 157 Å². The van der Waals surface area contributed by atoms with Gasteiger partial charge in [-0.1, -0.05) is 49.1 Å². The van der Waals surface area contributed by atoms with Gasteiger partial charge in [-0.05, 0) is 49.5 Å². The minimum atomic E-state index is -0.135. The highest BCUT2D eigenvalue weighted by molar-refractivity contribution is 8.01. The van der Waals surface area contributed by atoms with E-state index in [0.717, 1.165) is 16.6 Å². The lowest BCUT2D eigenvalue weighted by atomic mass is 10.1. The Morgan fingerprint density at radius 2 is 1.96 bits per heavy atom. The van der Waals surface area contributed by atoms with Crippen LogP contribution in [-0.2, 0) is 6.54 Å². The minimum Gasteiger partial charge on any atom is -0.299 e. The second-order valence-corrected chi connectivity index (χ2v) is 8.96. The molecule has 1 aliphatic heterocycles. The molecule has 25 heavy (non-hydrogen) atoms. The third-order valence-corrected chi connectivity index (χ3v) is 6.39. The summed E-state index contributed by atoms with van der Waals surface area (Å²) < 4.78 is 0.893. The van der Waals surface area contributed by atoms with Crippen molar-refractivity contribution in [3.8, 4) is 0 Å². The zero-order valence-corrected chi connectivity index (χ0v) is 16.3. The van der Waals surface area contributed by atoms with E-state index in [2.05, 4.69) is 34.3 Å². The van der Waals surface area contributed by atoms with Gasteiger partial charge >= 0.3 is 0 Å². The maximum Gasteiger partial charge on any atom is 0.257 e. The number of nitrogens with one attached hydrogen (secondary N) is 1. The lowest BCUT2D eigenvalue weighted by Crippen LogP contribution is -2.18. The predicted octanol–water partition coefficient (Wildman–Crippen LogP) is 4.13. The van der Waals surface area contributed by atoms with Gasteiger partial charge in [0.2, 0.25) is 5.13 Å². The molecule has 7 heteroatoms. The van der Waals surface area contributed by atoms with Crippen LogP contribution in [0.2, 0.25) is 0 Å². The summed E-state index contributed by atoms with van der Waals surface area (Å²) in [6.07, 6.45) is 2.58. The first-order valence-electron chi connectivity index (χ1n) is 8.69. The fourth-order valence-corrected chi connectivity index (χ4v) is 4.41. The van der Waals surface area contributed by atoms with Crippen molar-refractivity contribution in [1.29, 1.82) is 0 Å². The summed E-state index contributed by atoms with van der Waals surface area (Å²) in [5.74, 6) is 1.47. The molecule has 0 unspecified atom stereocenters. The molecule has 1 aromatic carbocycles. The average molecular weight is 377 g/mol. The first-order valence-corrected chi connectivity index (χ1v) is 10.5. The molecule has 1 N–H and O–H groups in total. The molecule has 1 amide bonds. The van der Waals surface area contributed by atoms with Gasteiger partial charge in [0.25, 0.3) is 5.91 Å². The van der Waals surface area contributed by atoms with Crippen molar-refractivity contribution in [3.05, 3.63) is 35.4 Å². The lowest BCUT2D eigenvalue weighted by Gasteiger charge is -2.14. The maximum atomic E-state index is 12.4. The summed E-state index contributed by atoms with van der Waals surface area (Å²) in [7, 11) is 0. The molecule has 2 heterocycles. The minimum absolute atomic E-state index is 0.135. The topological polar surface area (TPSA) is 58.1 Å². The number of nitrogens with zero attached hydrogens (tertiary/aromatic N) is 3. The SMILES string of the molecule is CC(C)CSc1nnc(NC(=O)c2ccc(CN3CCCC3)cc2)s1. The summed E-state index contributed by atoms with van der Waals surface area (Å²) in [6.45, 7) is 7.66. The Kier molecular flexibility index (Phi) is 6.45. The summed E-state index contributed by atoms with van der Waals surface area (Å²) in [6, 6.07) is 7.85. The van der Waals surface area contributed by atoms with Gasteiger partial charge in [-0.25, -0.2) is 0 Å². The Hall–Kier alpha value is -1.44. The number of amides is 1.